The Bertz CT molecular complexity index is 1420. The standard InChI is InChI=1S/C27H24FNO5/c1-15-13-18(6-8-20(15)28)29-21-3-2-4-22(30)25(21)24(26(29)16-9-11-34-12-10-16)17-5-7-19(27(32)33)23(31)14-17/h2-8,13-14,16,30-31H,9-12H2,1H3,(H,32,33). The number of carboxylic acid groups (broad SMARTS) is 1. The van der Waals surface area contributed by atoms with Crippen LogP contribution in [0.2, 0.25) is 0 Å². The van der Waals surface area contributed by atoms with Crippen LogP contribution in [0.4, 0.5) is 4.39 Å². The second-order valence-electron chi connectivity index (χ2n) is 8.62. The molecule has 0 atom stereocenters. The van der Waals surface area contributed by atoms with Crippen molar-refractivity contribution in [2.45, 2.75) is 25.7 Å². The molecule has 3 N–H and O–H groups in total. The van der Waals surface area contributed by atoms with Crippen molar-refractivity contribution in [3.63, 3.8) is 0 Å². The monoisotopic (exact) mass is 461 g/mol. The minimum Gasteiger partial charge on any atom is -0.507 e. The van der Waals surface area contributed by atoms with Crippen molar-refractivity contribution in [2.24, 2.45) is 0 Å². The molecule has 34 heavy (non-hydrogen) atoms. The molecule has 1 saturated heterocycles. The van der Waals surface area contributed by atoms with E-state index in [0.29, 0.717) is 35.3 Å². The molecule has 0 saturated carbocycles. The van der Waals surface area contributed by atoms with Gasteiger partial charge in [-0.15, -0.1) is 0 Å². The predicted molar refractivity (Wildman–Crippen MR) is 126 cm³/mol. The molecule has 0 radical (unpaired) electrons. The van der Waals surface area contributed by atoms with Gasteiger partial charge in [0, 0.05) is 41.5 Å². The highest BCUT2D eigenvalue weighted by Crippen LogP contribution is 2.47. The second kappa shape index (κ2) is 8.50. The minimum absolute atomic E-state index is 0.0696. The Morgan fingerprint density at radius 2 is 1.79 bits per heavy atom. The largest absolute Gasteiger partial charge is 0.507 e. The number of aromatic hydroxyl groups is 2. The Morgan fingerprint density at radius 1 is 1.03 bits per heavy atom. The molecular formula is C27H24FNO5. The van der Waals surface area contributed by atoms with Gasteiger partial charge in [0.2, 0.25) is 0 Å². The summed E-state index contributed by atoms with van der Waals surface area (Å²) in [7, 11) is 0. The van der Waals surface area contributed by atoms with Gasteiger partial charge < -0.3 is 24.6 Å². The number of aromatic carboxylic acids is 1. The van der Waals surface area contributed by atoms with E-state index >= 15 is 0 Å². The number of aryl methyl sites for hydroxylation is 1. The van der Waals surface area contributed by atoms with E-state index in [1.54, 1.807) is 37.3 Å². The maximum absolute atomic E-state index is 14.1. The van der Waals surface area contributed by atoms with Gasteiger partial charge in [-0.1, -0.05) is 12.1 Å². The normalized spacial score (nSPS) is 14.5. The topological polar surface area (TPSA) is 91.9 Å². The van der Waals surface area contributed by atoms with Gasteiger partial charge in [0.15, 0.2) is 0 Å². The fourth-order valence-corrected chi connectivity index (χ4v) is 4.90. The third kappa shape index (κ3) is 3.58. The van der Waals surface area contributed by atoms with E-state index in [1.165, 1.54) is 18.2 Å². The van der Waals surface area contributed by atoms with E-state index in [4.69, 9.17) is 4.74 Å². The molecule has 0 spiro atoms. The van der Waals surface area contributed by atoms with Gasteiger partial charge >= 0.3 is 5.97 Å². The highest BCUT2D eigenvalue weighted by atomic mass is 19.1. The predicted octanol–water partition coefficient (Wildman–Crippen LogP) is 5.75. The number of aromatic nitrogens is 1. The average Bonchev–Trinajstić information content (AvgIpc) is 3.17. The summed E-state index contributed by atoms with van der Waals surface area (Å²) >= 11 is 0. The Kier molecular flexibility index (Phi) is 5.49. The lowest BCUT2D eigenvalue weighted by molar-refractivity contribution is 0.0693. The second-order valence-corrected chi connectivity index (χ2v) is 8.62. The third-order valence-corrected chi connectivity index (χ3v) is 6.53. The van der Waals surface area contributed by atoms with Crippen LogP contribution in [-0.2, 0) is 4.74 Å². The number of nitrogens with zero attached hydrogens (tertiary/aromatic N) is 1. The van der Waals surface area contributed by atoms with Crippen LogP contribution in [0.3, 0.4) is 0 Å². The maximum atomic E-state index is 14.1. The Hall–Kier alpha value is -3.84. The summed E-state index contributed by atoms with van der Waals surface area (Å²) in [6.07, 6.45) is 1.51. The molecule has 1 aromatic heterocycles. The van der Waals surface area contributed by atoms with Crippen LogP contribution < -0.4 is 0 Å². The summed E-state index contributed by atoms with van der Waals surface area (Å²) in [6.45, 7) is 2.88. The number of phenols is 2. The van der Waals surface area contributed by atoms with Crippen LogP contribution in [0.1, 0.15) is 40.4 Å². The number of hydrogen-bond donors (Lipinski definition) is 3. The van der Waals surface area contributed by atoms with Gasteiger partial charge in [0.1, 0.15) is 22.9 Å². The van der Waals surface area contributed by atoms with Crippen LogP contribution in [0, 0.1) is 12.7 Å². The van der Waals surface area contributed by atoms with Crippen molar-refractivity contribution < 1.29 is 29.2 Å². The zero-order valence-electron chi connectivity index (χ0n) is 18.6. The molecule has 5 rings (SSSR count). The number of rotatable bonds is 4. The molecule has 2 heterocycles. The minimum atomic E-state index is -1.22. The molecule has 0 bridgehead atoms. The molecule has 6 nitrogen and oxygen atoms in total. The Labute approximate surface area is 195 Å². The fourth-order valence-electron chi connectivity index (χ4n) is 4.90. The van der Waals surface area contributed by atoms with Crippen LogP contribution in [0.5, 0.6) is 11.5 Å². The smallest absolute Gasteiger partial charge is 0.339 e. The number of fused-ring (bicyclic) bond motifs is 1. The summed E-state index contributed by atoms with van der Waals surface area (Å²) < 4.78 is 21.8. The number of ether oxygens (including phenoxy) is 1. The van der Waals surface area contributed by atoms with E-state index in [0.717, 1.165) is 29.7 Å². The molecule has 1 aliphatic rings. The number of halogens is 1. The van der Waals surface area contributed by atoms with E-state index in [2.05, 4.69) is 0 Å². The molecule has 0 unspecified atom stereocenters. The van der Waals surface area contributed by atoms with Gasteiger partial charge in [0.25, 0.3) is 0 Å². The van der Waals surface area contributed by atoms with E-state index < -0.39 is 5.97 Å². The van der Waals surface area contributed by atoms with Crippen molar-refractivity contribution in [3.05, 3.63) is 77.2 Å². The molecule has 0 amide bonds. The quantitative estimate of drug-likeness (QED) is 0.360. The molecule has 174 valence electrons. The lowest BCUT2D eigenvalue weighted by Gasteiger charge is -2.26. The van der Waals surface area contributed by atoms with Crippen LogP contribution in [0.15, 0.2) is 54.6 Å². The van der Waals surface area contributed by atoms with Gasteiger partial charge in [-0.3, -0.25) is 0 Å². The lowest BCUT2D eigenvalue weighted by Crippen LogP contribution is -2.17. The summed E-state index contributed by atoms with van der Waals surface area (Å²) in [5.74, 6) is -1.73. The average molecular weight is 461 g/mol. The molecule has 0 aliphatic carbocycles. The van der Waals surface area contributed by atoms with Crippen molar-refractivity contribution in [2.75, 3.05) is 13.2 Å². The molecule has 4 aromatic rings. The molecule has 3 aromatic carbocycles. The Balaban J connectivity index is 1.88. The summed E-state index contributed by atoms with van der Waals surface area (Å²) in [4.78, 5) is 11.5. The summed E-state index contributed by atoms with van der Waals surface area (Å²) in [6, 6.07) is 14.6. The number of hydrogen-bond acceptors (Lipinski definition) is 4. The number of carbonyl (C=O) groups is 1. The fraction of sp³-hybridized carbons (Fsp3) is 0.222. The van der Waals surface area contributed by atoms with Crippen molar-refractivity contribution in [3.8, 4) is 28.3 Å². The van der Waals surface area contributed by atoms with E-state index in [9.17, 15) is 24.5 Å². The van der Waals surface area contributed by atoms with E-state index in [1.807, 2.05) is 10.6 Å². The first-order valence-corrected chi connectivity index (χ1v) is 11.1. The number of phenolic OH excluding ortho intramolecular Hbond substituents is 1. The van der Waals surface area contributed by atoms with Gasteiger partial charge in [-0.2, -0.15) is 0 Å². The first-order chi connectivity index (χ1) is 16.4. The molecule has 1 fully saturated rings. The molecule has 1 aliphatic heterocycles. The van der Waals surface area contributed by atoms with Crippen molar-refractivity contribution >= 4 is 16.9 Å². The maximum Gasteiger partial charge on any atom is 0.339 e. The zero-order chi connectivity index (χ0) is 24.0. The van der Waals surface area contributed by atoms with E-state index in [-0.39, 0.29) is 28.8 Å². The third-order valence-electron chi connectivity index (χ3n) is 6.53. The number of carboxylic acids is 1. The number of benzene rings is 3. The summed E-state index contributed by atoms with van der Waals surface area (Å²) in [5, 5.41) is 31.3. The van der Waals surface area contributed by atoms with Crippen molar-refractivity contribution in [1.82, 2.24) is 4.57 Å². The molecular weight excluding hydrogens is 437 g/mol. The molecule has 7 heteroatoms. The SMILES string of the molecule is Cc1cc(-n2c(C3CCOCC3)c(-c3ccc(C(=O)O)c(O)c3)c3c(O)cccc32)ccc1F. The van der Waals surface area contributed by atoms with Crippen LogP contribution in [0.25, 0.3) is 27.7 Å². The van der Waals surface area contributed by atoms with Gasteiger partial charge in [0.05, 0.1) is 5.52 Å². The first kappa shape index (κ1) is 22.0. The first-order valence-electron chi connectivity index (χ1n) is 11.1. The summed E-state index contributed by atoms with van der Waals surface area (Å²) in [5.41, 5.74) is 4.02. The van der Waals surface area contributed by atoms with Gasteiger partial charge in [-0.25, -0.2) is 9.18 Å². The van der Waals surface area contributed by atoms with Crippen LogP contribution >= 0.6 is 0 Å². The van der Waals surface area contributed by atoms with Crippen molar-refractivity contribution in [1.29, 1.82) is 0 Å². The highest BCUT2D eigenvalue weighted by Gasteiger charge is 2.29. The van der Waals surface area contributed by atoms with Crippen LogP contribution in [-0.4, -0.2) is 39.1 Å². The Morgan fingerprint density at radius 3 is 2.47 bits per heavy atom. The van der Waals surface area contributed by atoms with Gasteiger partial charge in [-0.05, 0) is 73.4 Å². The highest BCUT2D eigenvalue weighted by molar-refractivity contribution is 6.04. The zero-order valence-corrected chi connectivity index (χ0v) is 18.6. The lowest BCUT2D eigenvalue weighted by atomic mass is 9.89.